The zero-order chi connectivity index (χ0) is 8.85. The van der Waals surface area contributed by atoms with Gasteiger partial charge in [0.2, 0.25) is 0 Å². The van der Waals surface area contributed by atoms with Crippen molar-refractivity contribution >= 4 is 0 Å². The van der Waals surface area contributed by atoms with E-state index in [1.807, 2.05) is 0 Å². The van der Waals surface area contributed by atoms with E-state index in [2.05, 4.69) is 13.2 Å². The molecule has 0 saturated heterocycles. The molecule has 11 heavy (non-hydrogen) atoms. The molecule has 0 radical (unpaired) electrons. The fourth-order valence-corrected chi connectivity index (χ4v) is 0.673. The first-order valence-corrected chi connectivity index (χ1v) is 3.31. The van der Waals surface area contributed by atoms with Gasteiger partial charge in [0, 0.05) is 19.3 Å². The van der Waals surface area contributed by atoms with Crippen LogP contribution in [0.3, 0.4) is 0 Å². The Hall–Kier alpha value is -1.06. The van der Waals surface area contributed by atoms with Gasteiger partial charge in [0.15, 0.2) is 0 Å². The molecule has 0 amide bonds. The van der Waals surface area contributed by atoms with E-state index in [1.54, 1.807) is 19.2 Å². The fraction of sp³-hybridized carbons (Fsp3) is 0.250. The maximum atomic E-state index is 5.58. The number of hydrogen-bond acceptors (Lipinski definition) is 3. The van der Waals surface area contributed by atoms with Gasteiger partial charge in [0.25, 0.3) is 0 Å². The Kier molecular flexibility index (Phi) is 4.26. The minimum absolute atomic E-state index is 0.585. The quantitative estimate of drug-likeness (QED) is 0.349. The molecule has 0 saturated carbocycles. The van der Waals surface area contributed by atoms with Gasteiger partial charge < -0.3 is 5.73 Å². The highest BCUT2D eigenvalue weighted by Gasteiger charge is 1.97. The molecule has 0 aliphatic carbocycles. The SMILES string of the molecule is C=C/C(N)=C(\C=C)CN(C)N. The molecule has 0 atom stereocenters. The normalized spacial score (nSPS) is 12.6. The van der Waals surface area contributed by atoms with E-state index < -0.39 is 0 Å². The Bertz CT molecular complexity index is 180. The van der Waals surface area contributed by atoms with Crippen LogP contribution in [-0.2, 0) is 0 Å². The van der Waals surface area contributed by atoms with E-state index in [1.165, 1.54) is 5.01 Å². The minimum Gasteiger partial charge on any atom is -0.398 e. The van der Waals surface area contributed by atoms with Crippen molar-refractivity contribution < 1.29 is 0 Å². The highest BCUT2D eigenvalue weighted by molar-refractivity contribution is 5.29. The molecule has 4 N–H and O–H groups in total. The zero-order valence-corrected chi connectivity index (χ0v) is 6.88. The molecule has 0 rings (SSSR count). The molecular weight excluding hydrogens is 138 g/mol. The number of rotatable bonds is 4. The predicted molar refractivity (Wildman–Crippen MR) is 48.4 cm³/mol. The summed E-state index contributed by atoms with van der Waals surface area (Å²) in [7, 11) is 1.76. The smallest absolute Gasteiger partial charge is 0.0396 e. The van der Waals surface area contributed by atoms with Crippen LogP contribution in [0.4, 0.5) is 0 Å². The van der Waals surface area contributed by atoms with Crippen LogP contribution in [0.25, 0.3) is 0 Å². The first-order chi connectivity index (χ1) is 5.11. The van der Waals surface area contributed by atoms with Gasteiger partial charge in [-0.05, 0) is 11.6 Å². The monoisotopic (exact) mass is 153 g/mol. The van der Waals surface area contributed by atoms with Gasteiger partial charge in [0.05, 0.1) is 0 Å². The van der Waals surface area contributed by atoms with Gasteiger partial charge in [-0.2, -0.15) is 0 Å². The first kappa shape index (κ1) is 9.94. The van der Waals surface area contributed by atoms with E-state index in [-0.39, 0.29) is 0 Å². The molecule has 0 bridgehead atoms. The van der Waals surface area contributed by atoms with Crippen LogP contribution in [-0.4, -0.2) is 18.6 Å². The van der Waals surface area contributed by atoms with Crippen LogP contribution in [0, 0.1) is 0 Å². The maximum absolute atomic E-state index is 5.58. The van der Waals surface area contributed by atoms with Crippen molar-refractivity contribution in [2.45, 2.75) is 0 Å². The van der Waals surface area contributed by atoms with Crippen molar-refractivity contribution in [1.29, 1.82) is 0 Å². The van der Waals surface area contributed by atoms with Crippen LogP contribution in [0.2, 0.25) is 0 Å². The van der Waals surface area contributed by atoms with E-state index in [4.69, 9.17) is 11.6 Å². The van der Waals surface area contributed by atoms with Crippen LogP contribution in [0.5, 0.6) is 0 Å². The molecule has 3 nitrogen and oxygen atoms in total. The highest BCUT2D eigenvalue weighted by atomic mass is 15.4. The second kappa shape index (κ2) is 4.71. The van der Waals surface area contributed by atoms with Gasteiger partial charge in [-0.1, -0.05) is 19.2 Å². The third-order valence-electron chi connectivity index (χ3n) is 1.26. The van der Waals surface area contributed by atoms with Gasteiger partial charge in [-0.25, -0.2) is 5.01 Å². The van der Waals surface area contributed by atoms with Crippen LogP contribution >= 0.6 is 0 Å². The minimum atomic E-state index is 0.585. The summed E-state index contributed by atoms with van der Waals surface area (Å²) >= 11 is 0. The molecule has 0 fully saturated rings. The number of allylic oxidation sites excluding steroid dienone is 1. The lowest BCUT2D eigenvalue weighted by Gasteiger charge is -2.11. The zero-order valence-electron chi connectivity index (χ0n) is 6.88. The van der Waals surface area contributed by atoms with E-state index in [9.17, 15) is 0 Å². The Morgan fingerprint density at radius 3 is 2.27 bits per heavy atom. The van der Waals surface area contributed by atoms with Crippen LogP contribution in [0.1, 0.15) is 0 Å². The fourth-order valence-electron chi connectivity index (χ4n) is 0.673. The lowest BCUT2D eigenvalue weighted by molar-refractivity contribution is 0.382. The number of hydrogen-bond donors (Lipinski definition) is 2. The summed E-state index contributed by atoms with van der Waals surface area (Å²) in [4.78, 5) is 0. The molecule has 0 aromatic rings. The lowest BCUT2D eigenvalue weighted by atomic mass is 10.2. The van der Waals surface area contributed by atoms with Gasteiger partial charge in [-0.15, -0.1) is 0 Å². The third-order valence-corrected chi connectivity index (χ3v) is 1.26. The van der Waals surface area contributed by atoms with Crippen molar-refractivity contribution in [3.8, 4) is 0 Å². The predicted octanol–water partition coefficient (Wildman–Crippen LogP) is 0.377. The van der Waals surface area contributed by atoms with Crippen molar-refractivity contribution in [3.05, 3.63) is 36.6 Å². The molecule has 0 spiro atoms. The largest absolute Gasteiger partial charge is 0.398 e. The molecule has 0 heterocycles. The summed E-state index contributed by atoms with van der Waals surface area (Å²) in [6, 6.07) is 0. The molecule has 0 aliphatic heterocycles. The summed E-state index contributed by atoms with van der Waals surface area (Å²) in [5.74, 6) is 5.42. The molecule has 3 heteroatoms. The number of nitrogens with zero attached hydrogens (tertiary/aromatic N) is 1. The van der Waals surface area contributed by atoms with E-state index in [0.29, 0.717) is 12.2 Å². The van der Waals surface area contributed by atoms with E-state index >= 15 is 0 Å². The molecule has 0 unspecified atom stereocenters. The number of likely N-dealkylation sites (N-methyl/N-ethyl adjacent to an activating group) is 1. The summed E-state index contributed by atoms with van der Waals surface area (Å²) in [6.07, 6.45) is 3.26. The van der Waals surface area contributed by atoms with Crippen molar-refractivity contribution in [2.24, 2.45) is 11.6 Å². The van der Waals surface area contributed by atoms with Gasteiger partial charge >= 0.3 is 0 Å². The van der Waals surface area contributed by atoms with Crippen molar-refractivity contribution in [3.63, 3.8) is 0 Å². The number of nitrogens with two attached hydrogens (primary N) is 2. The molecule has 0 aromatic heterocycles. The average Bonchev–Trinajstić information content (AvgIpc) is 1.98. The average molecular weight is 153 g/mol. The highest BCUT2D eigenvalue weighted by Crippen LogP contribution is 2.01. The Morgan fingerprint density at radius 2 is 2.00 bits per heavy atom. The van der Waals surface area contributed by atoms with Gasteiger partial charge in [0.1, 0.15) is 0 Å². The summed E-state index contributed by atoms with van der Waals surface area (Å²) < 4.78 is 0. The summed E-state index contributed by atoms with van der Waals surface area (Å²) in [6.45, 7) is 7.75. The lowest BCUT2D eigenvalue weighted by Crippen LogP contribution is -2.28. The molecule has 62 valence electrons. The molecule has 0 aliphatic rings. The summed E-state index contributed by atoms with van der Waals surface area (Å²) in [5, 5.41) is 1.54. The topological polar surface area (TPSA) is 55.3 Å². The van der Waals surface area contributed by atoms with Gasteiger partial charge in [-0.3, -0.25) is 5.84 Å². The summed E-state index contributed by atoms with van der Waals surface area (Å²) in [5.41, 5.74) is 7.10. The van der Waals surface area contributed by atoms with Crippen molar-refractivity contribution in [1.82, 2.24) is 5.01 Å². The van der Waals surface area contributed by atoms with E-state index in [0.717, 1.165) is 5.57 Å². The van der Waals surface area contributed by atoms with Crippen LogP contribution < -0.4 is 11.6 Å². The Morgan fingerprint density at radius 1 is 1.45 bits per heavy atom. The number of hydrazine groups is 1. The Balaban J connectivity index is 4.38. The second-order valence-corrected chi connectivity index (χ2v) is 2.30. The first-order valence-electron chi connectivity index (χ1n) is 3.31. The Labute approximate surface area is 67.6 Å². The molecular formula is C8H15N3. The maximum Gasteiger partial charge on any atom is 0.0396 e. The second-order valence-electron chi connectivity index (χ2n) is 2.30. The standard InChI is InChI=1S/C8H15N3/c1-4-7(6-11(3)10)8(9)5-2/h4-5H,1-2,6,9-10H2,3H3/b8-7-. The van der Waals surface area contributed by atoms with Crippen LogP contribution in [0.15, 0.2) is 36.6 Å². The third kappa shape index (κ3) is 3.60. The molecule has 0 aromatic carbocycles. The van der Waals surface area contributed by atoms with Crippen molar-refractivity contribution in [2.75, 3.05) is 13.6 Å².